The highest BCUT2D eigenvalue weighted by molar-refractivity contribution is 5.74. The molecule has 0 amide bonds. The Morgan fingerprint density at radius 2 is 1.60 bits per heavy atom. The molecule has 0 fully saturated rings. The average molecular weight is 331 g/mol. The molecule has 0 atom stereocenters. The van der Waals surface area contributed by atoms with Gasteiger partial charge in [-0.3, -0.25) is 4.79 Å². The van der Waals surface area contributed by atoms with Crippen LogP contribution in [0.25, 0.3) is 0 Å². The van der Waals surface area contributed by atoms with Crippen molar-refractivity contribution in [2.24, 2.45) is 0 Å². The highest BCUT2D eigenvalue weighted by Crippen LogP contribution is 2.13. The minimum Gasteiger partial charge on any atom is -0.354 e. The lowest BCUT2D eigenvalue weighted by atomic mass is 10.1. The minimum atomic E-state index is 0.703. The van der Waals surface area contributed by atoms with Gasteiger partial charge in [0.2, 0.25) is 0 Å². The molecule has 0 spiro atoms. The van der Waals surface area contributed by atoms with Crippen LogP contribution in [-0.4, -0.2) is 23.5 Å². The molecule has 0 saturated heterocycles. The van der Waals surface area contributed by atoms with Crippen LogP contribution in [-0.2, 0) is 19.4 Å². The number of hydrogen-bond donors (Lipinski definition) is 0. The number of benzene rings is 2. The molecule has 0 unspecified atom stereocenters. The molecule has 1 heterocycles. The van der Waals surface area contributed by atoms with Crippen molar-refractivity contribution in [2.75, 3.05) is 11.9 Å². The van der Waals surface area contributed by atoms with Crippen LogP contribution in [0.2, 0.25) is 0 Å². The normalized spacial score (nSPS) is 10.4. The van der Waals surface area contributed by atoms with Crippen molar-refractivity contribution in [3.63, 3.8) is 0 Å². The number of aromatic nitrogens is 2. The van der Waals surface area contributed by atoms with Crippen LogP contribution in [0.3, 0.4) is 0 Å². The lowest BCUT2D eigenvalue weighted by molar-refractivity contribution is 0.112. The summed E-state index contributed by atoms with van der Waals surface area (Å²) < 4.78 is 0. The van der Waals surface area contributed by atoms with Crippen LogP contribution in [0, 0.1) is 0 Å². The van der Waals surface area contributed by atoms with E-state index in [1.54, 1.807) is 0 Å². The van der Waals surface area contributed by atoms with Crippen LogP contribution >= 0.6 is 0 Å². The summed E-state index contributed by atoms with van der Waals surface area (Å²) in [6, 6.07) is 22.0. The SMILES string of the molecule is CN(Cc1ccccc1)c1ccc(CCc2ccc(C=O)cc2)nn1. The summed E-state index contributed by atoms with van der Waals surface area (Å²) in [5.41, 5.74) is 4.11. The van der Waals surface area contributed by atoms with E-state index in [-0.39, 0.29) is 0 Å². The Morgan fingerprint density at radius 1 is 0.840 bits per heavy atom. The van der Waals surface area contributed by atoms with E-state index in [2.05, 4.69) is 27.2 Å². The molecule has 0 bridgehead atoms. The Morgan fingerprint density at radius 3 is 2.24 bits per heavy atom. The molecule has 4 heteroatoms. The number of aryl methyl sites for hydroxylation is 2. The number of rotatable bonds is 7. The van der Waals surface area contributed by atoms with E-state index in [0.717, 1.165) is 37.2 Å². The molecule has 0 N–H and O–H groups in total. The maximum absolute atomic E-state index is 10.7. The number of carbonyl (C=O) groups excluding carboxylic acids is 1. The van der Waals surface area contributed by atoms with E-state index in [4.69, 9.17) is 0 Å². The summed E-state index contributed by atoms with van der Waals surface area (Å²) in [6.45, 7) is 0.804. The smallest absolute Gasteiger partial charge is 0.151 e. The van der Waals surface area contributed by atoms with Gasteiger partial charge < -0.3 is 4.90 Å². The van der Waals surface area contributed by atoms with Crippen molar-refractivity contribution >= 4 is 12.1 Å². The molecule has 2 aromatic carbocycles. The van der Waals surface area contributed by atoms with E-state index >= 15 is 0 Å². The van der Waals surface area contributed by atoms with Crippen molar-refractivity contribution in [2.45, 2.75) is 19.4 Å². The third-order valence-electron chi connectivity index (χ3n) is 4.14. The lowest BCUT2D eigenvalue weighted by Gasteiger charge is -2.17. The molecule has 0 aliphatic heterocycles. The number of hydrogen-bond acceptors (Lipinski definition) is 4. The quantitative estimate of drug-likeness (QED) is 0.619. The second-order valence-electron chi connectivity index (χ2n) is 6.08. The first-order valence-corrected chi connectivity index (χ1v) is 8.36. The van der Waals surface area contributed by atoms with E-state index in [0.29, 0.717) is 5.56 Å². The van der Waals surface area contributed by atoms with Crippen molar-refractivity contribution in [1.29, 1.82) is 0 Å². The van der Waals surface area contributed by atoms with Crippen molar-refractivity contribution in [1.82, 2.24) is 10.2 Å². The van der Waals surface area contributed by atoms with E-state index in [1.807, 2.05) is 61.6 Å². The van der Waals surface area contributed by atoms with Crippen molar-refractivity contribution < 1.29 is 4.79 Å². The fourth-order valence-corrected chi connectivity index (χ4v) is 2.66. The van der Waals surface area contributed by atoms with Gasteiger partial charge in [-0.15, -0.1) is 5.10 Å². The Hall–Kier alpha value is -3.01. The average Bonchev–Trinajstić information content (AvgIpc) is 2.68. The van der Waals surface area contributed by atoms with Gasteiger partial charge in [0.15, 0.2) is 5.82 Å². The number of carbonyl (C=O) groups is 1. The predicted octanol–water partition coefficient (Wildman–Crippen LogP) is 3.71. The van der Waals surface area contributed by atoms with Gasteiger partial charge in [-0.2, -0.15) is 5.10 Å². The Labute approximate surface area is 148 Å². The van der Waals surface area contributed by atoms with E-state index < -0.39 is 0 Å². The van der Waals surface area contributed by atoms with Crippen LogP contribution in [0.4, 0.5) is 5.82 Å². The lowest BCUT2D eigenvalue weighted by Crippen LogP contribution is -2.18. The first kappa shape index (κ1) is 16.8. The van der Waals surface area contributed by atoms with E-state index in [1.165, 1.54) is 11.1 Å². The standard InChI is InChI=1S/C21H21N3O/c1-24(15-18-5-3-2-4-6-18)21-14-13-20(22-23-21)12-11-17-7-9-19(16-25)10-8-17/h2-10,13-14,16H,11-12,15H2,1H3. The molecule has 3 rings (SSSR count). The highest BCUT2D eigenvalue weighted by Gasteiger charge is 2.05. The number of anilines is 1. The molecule has 25 heavy (non-hydrogen) atoms. The largest absolute Gasteiger partial charge is 0.354 e. The topological polar surface area (TPSA) is 46.1 Å². The summed E-state index contributed by atoms with van der Waals surface area (Å²) in [5, 5.41) is 8.69. The fourth-order valence-electron chi connectivity index (χ4n) is 2.66. The Bertz CT molecular complexity index is 799. The Kier molecular flexibility index (Phi) is 5.52. The zero-order chi connectivity index (χ0) is 17.5. The second-order valence-corrected chi connectivity index (χ2v) is 6.08. The second kappa shape index (κ2) is 8.20. The first-order valence-electron chi connectivity index (χ1n) is 8.36. The molecule has 0 aliphatic carbocycles. The summed E-state index contributed by atoms with van der Waals surface area (Å²) in [5.74, 6) is 0.864. The maximum Gasteiger partial charge on any atom is 0.151 e. The first-order chi connectivity index (χ1) is 12.2. The molecular weight excluding hydrogens is 310 g/mol. The molecule has 126 valence electrons. The third kappa shape index (κ3) is 4.73. The third-order valence-corrected chi connectivity index (χ3v) is 4.14. The monoisotopic (exact) mass is 331 g/mol. The van der Waals surface area contributed by atoms with Crippen molar-refractivity contribution in [3.8, 4) is 0 Å². The van der Waals surface area contributed by atoms with Crippen molar-refractivity contribution in [3.05, 3.63) is 89.1 Å². The summed E-state index contributed by atoms with van der Waals surface area (Å²) in [4.78, 5) is 12.8. The van der Waals surface area contributed by atoms with Gasteiger partial charge in [0, 0.05) is 19.2 Å². The zero-order valence-corrected chi connectivity index (χ0v) is 14.3. The molecule has 1 aromatic heterocycles. The molecule has 3 aromatic rings. The molecule has 0 radical (unpaired) electrons. The van der Waals surface area contributed by atoms with Crippen LogP contribution in [0.1, 0.15) is 27.2 Å². The van der Waals surface area contributed by atoms with Gasteiger partial charge in [-0.1, -0.05) is 54.6 Å². The molecular formula is C21H21N3O. The zero-order valence-electron chi connectivity index (χ0n) is 14.3. The van der Waals surface area contributed by atoms with Gasteiger partial charge in [-0.25, -0.2) is 0 Å². The fraction of sp³-hybridized carbons (Fsp3) is 0.190. The van der Waals surface area contributed by atoms with Gasteiger partial charge >= 0.3 is 0 Å². The number of nitrogens with zero attached hydrogens (tertiary/aromatic N) is 3. The molecule has 0 aliphatic rings. The van der Waals surface area contributed by atoms with Gasteiger partial charge in [0.25, 0.3) is 0 Å². The van der Waals surface area contributed by atoms with Gasteiger partial charge in [-0.05, 0) is 36.1 Å². The molecule has 0 saturated carbocycles. The number of aldehydes is 1. The highest BCUT2D eigenvalue weighted by atomic mass is 16.1. The minimum absolute atomic E-state index is 0.703. The summed E-state index contributed by atoms with van der Waals surface area (Å²) in [7, 11) is 2.02. The van der Waals surface area contributed by atoms with Gasteiger partial charge in [0.1, 0.15) is 6.29 Å². The summed E-state index contributed by atoms with van der Waals surface area (Å²) >= 11 is 0. The predicted molar refractivity (Wildman–Crippen MR) is 99.8 cm³/mol. The Balaban J connectivity index is 1.56. The van der Waals surface area contributed by atoms with Crippen LogP contribution in [0.15, 0.2) is 66.7 Å². The van der Waals surface area contributed by atoms with Crippen LogP contribution in [0.5, 0.6) is 0 Å². The van der Waals surface area contributed by atoms with Crippen LogP contribution < -0.4 is 4.90 Å². The molecule has 4 nitrogen and oxygen atoms in total. The van der Waals surface area contributed by atoms with Gasteiger partial charge in [0.05, 0.1) is 5.69 Å². The summed E-state index contributed by atoms with van der Waals surface area (Å²) in [6.07, 6.45) is 2.57. The van der Waals surface area contributed by atoms with E-state index in [9.17, 15) is 4.79 Å². The maximum atomic E-state index is 10.7.